The lowest BCUT2D eigenvalue weighted by Gasteiger charge is -2.24. The SMILES string of the molecule is Cc1cccc(C(CN)C(O)c2ccc(Br)cc2C)c1. The number of benzene rings is 2. The van der Waals surface area contributed by atoms with Crippen LogP contribution >= 0.6 is 15.9 Å². The number of hydrogen-bond donors (Lipinski definition) is 2. The topological polar surface area (TPSA) is 46.2 Å². The van der Waals surface area contributed by atoms with E-state index >= 15 is 0 Å². The fraction of sp³-hybridized carbons (Fsp3) is 0.294. The summed E-state index contributed by atoms with van der Waals surface area (Å²) < 4.78 is 1.02. The Hall–Kier alpha value is -1.16. The number of aryl methyl sites for hydroxylation is 2. The summed E-state index contributed by atoms with van der Waals surface area (Å²) in [7, 11) is 0. The molecule has 0 aliphatic heterocycles. The molecule has 106 valence electrons. The number of hydrogen-bond acceptors (Lipinski definition) is 2. The van der Waals surface area contributed by atoms with E-state index in [4.69, 9.17) is 5.73 Å². The van der Waals surface area contributed by atoms with Gasteiger partial charge in [0.05, 0.1) is 6.10 Å². The Balaban J connectivity index is 2.36. The molecule has 0 spiro atoms. The highest BCUT2D eigenvalue weighted by Gasteiger charge is 2.22. The van der Waals surface area contributed by atoms with Crippen molar-refractivity contribution in [1.29, 1.82) is 0 Å². The highest BCUT2D eigenvalue weighted by molar-refractivity contribution is 9.10. The first-order valence-electron chi connectivity index (χ1n) is 6.73. The molecule has 2 atom stereocenters. The van der Waals surface area contributed by atoms with Gasteiger partial charge in [-0.1, -0.05) is 51.8 Å². The van der Waals surface area contributed by atoms with Crippen molar-refractivity contribution in [3.05, 3.63) is 69.2 Å². The van der Waals surface area contributed by atoms with Crippen LogP contribution in [0.15, 0.2) is 46.9 Å². The molecule has 2 unspecified atom stereocenters. The van der Waals surface area contributed by atoms with Crippen molar-refractivity contribution in [2.24, 2.45) is 5.73 Å². The molecule has 3 heteroatoms. The predicted octanol–water partition coefficient (Wildman–Crippen LogP) is 3.84. The van der Waals surface area contributed by atoms with Gasteiger partial charge in [0.25, 0.3) is 0 Å². The molecule has 0 aliphatic rings. The Morgan fingerprint density at radius 3 is 2.50 bits per heavy atom. The number of aliphatic hydroxyl groups is 1. The van der Waals surface area contributed by atoms with Crippen LogP contribution in [0.25, 0.3) is 0 Å². The highest BCUT2D eigenvalue weighted by atomic mass is 79.9. The molecular weight excluding hydrogens is 314 g/mol. The Labute approximate surface area is 128 Å². The van der Waals surface area contributed by atoms with E-state index < -0.39 is 6.10 Å². The minimum Gasteiger partial charge on any atom is -0.388 e. The summed E-state index contributed by atoms with van der Waals surface area (Å²) in [5.74, 6) is -0.0882. The van der Waals surface area contributed by atoms with Gasteiger partial charge in [0.15, 0.2) is 0 Å². The third kappa shape index (κ3) is 3.29. The zero-order chi connectivity index (χ0) is 14.7. The van der Waals surface area contributed by atoms with Crippen LogP contribution in [0.3, 0.4) is 0 Å². The quantitative estimate of drug-likeness (QED) is 0.892. The Bertz CT molecular complexity index is 597. The first-order chi connectivity index (χ1) is 9.52. The molecular formula is C17H20BrNO. The van der Waals surface area contributed by atoms with Crippen molar-refractivity contribution >= 4 is 15.9 Å². The van der Waals surface area contributed by atoms with Gasteiger partial charge in [-0.3, -0.25) is 0 Å². The first kappa shape index (κ1) is 15.2. The van der Waals surface area contributed by atoms with Crippen LogP contribution < -0.4 is 5.73 Å². The summed E-state index contributed by atoms with van der Waals surface area (Å²) in [4.78, 5) is 0. The molecule has 0 heterocycles. The van der Waals surface area contributed by atoms with Crippen LogP contribution in [0, 0.1) is 13.8 Å². The molecule has 3 N–H and O–H groups in total. The molecule has 2 nitrogen and oxygen atoms in total. The zero-order valence-electron chi connectivity index (χ0n) is 11.8. The van der Waals surface area contributed by atoms with Crippen LogP contribution in [0.1, 0.15) is 34.3 Å². The molecule has 2 rings (SSSR count). The van der Waals surface area contributed by atoms with E-state index in [-0.39, 0.29) is 5.92 Å². The molecule has 0 radical (unpaired) electrons. The van der Waals surface area contributed by atoms with Crippen molar-refractivity contribution in [2.75, 3.05) is 6.54 Å². The largest absolute Gasteiger partial charge is 0.388 e. The summed E-state index contributed by atoms with van der Waals surface area (Å²) in [6.45, 7) is 4.47. The van der Waals surface area contributed by atoms with E-state index in [1.165, 1.54) is 5.56 Å². The number of rotatable bonds is 4. The fourth-order valence-corrected chi connectivity index (χ4v) is 3.01. The molecule has 0 saturated carbocycles. The first-order valence-corrected chi connectivity index (χ1v) is 7.53. The summed E-state index contributed by atoms with van der Waals surface area (Å²) in [6, 6.07) is 14.1. The van der Waals surface area contributed by atoms with E-state index in [2.05, 4.69) is 22.0 Å². The maximum absolute atomic E-state index is 10.7. The Morgan fingerprint density at radius 2 is 1.90 bits per heavy atom. The van der Waals surface area contributed by atoms with Gasteiger partial charge in [0, 0.05) is 16.9 Å². The van der Waals surface area contributed by atoms with Gasteiger partial charge in [-0.2, -0.15) is 0 Å². The Morgan fingerprint density at radius 1 is 1.15 bits per heavy atom. The van der Waals surface area contributed by atoms with E-state index in [1.54, 1.807) is 0 Å². The lowest BCUT2D eigenvalue weighted by atomic mass is 9.87. The van der Waals surface area contributed by atoms with Gasteiger partial charge in [0.2, 0.25) is 0 Å². The minimum absolute atomic E-state index is 0.0882. The molecule has 0 aliphatic carbocycles. The van der Waals surface area contributed by atoms with E-state index in [0.717, 1.165) is 21.2 Å². The van der Waals surface area contributed by atoms with Gasteiger partial charge >= 0.3 is 0 Å². The Kier molecular flexibility index (Phi) is 4.97. The number of nitrogens with two attached hydrogens (primary N) is 1. The van der Waals surface area contributed by atoms with E-state index in [0.29, 0.717) is 6.54 Å². The smallest absolute Gasteiger partial charge is 0.0873 e. The fourth-order valence-electron chi connectivity index (χ4n) is 2.54. The maximum atomic E-state index is 10.7. The average Bonchev–Trinajstić information content (AvgIpc) is 2.39. The van der Waals surface area contributed by atoms with E-state index in [1.807, 2.05) is 50.2 Å². The molecule has 20 heavy (non-hydrogen) atoms. The normalized spacial score (nSPS) is 14.1. The lowest BCUT2D eigenvalue weighted by Crippen LogP contribution is -2.20. The van der Waals surface area contributed by atoms with Crippen molar-refractivity contribution in [3.8, 4) is 0 Å². The average molecular weight is 334 g/mol. The summed E-state index contributed by atoms with van der Waals surface area (Å²) in [6.07, 6.45) is -0.588. The number of halogens is 1. The van der Waals surface area contributed by atoms with Gasteiger partial charge < -0.3 is 10.8 Å². The summed E-state index contributed by atoms with van der Waals surface area (Å²) in [5.41, 5.74) is 10.2. The van der Waals surface area contributed by atoms with Gasteiger partial charge in [0.1, 0.15) is 0 Å². The van der Waals surface area contributed by atoms with Crippen LogP contribution in [-0.4, -0.2) is 11.7 Å². The standard InChI is InChI=1S/C17H20BrNO/c1-11-4-3-5-13(8-11)16(10-19)17(20)15-7-6-14(18)9-12(15)2/h3-9,16-17,20H,10,19H2,1-2H3. The summed E-state index contributed by atoms with van der Waals surface area (Å²) in [5, 5.41) is 10.7. The van der Waals surface area contributed by atoms with Crippen LogP contribution in [-0.2, 0) is 0 Å². The van der Waals surface area contributed by atoms with Gasteiger partial charge in [-0.25, -0.2) is 0 Å². The molecule has 0 saturated heterocycles. The molecule has 2 aromatic rings. The van der Waals surface area contributed by atoms with E-state index in [9.17, 15) is 5.11 Å². The second kappa shape index (κ2) is 6.53. The van der Waals surface area contributed by atoms with Crippen molar-refractivity contribution in [2.45, 2.75) is 25.9 Å². The van der Waals surface area contributed by atoms with Crippen molar-refractivity contribution < 1.29 is 5.11 Å². The second-order valence-corrected chi connectivity index (χ2v) is 6.12. The molecule has 0 aromatic heterocycles. The zero-order valence-corrected chi connectivity index (χ0v) is 13.4. The monoisotopic (exact) mass is 333 g/mol. The van der Waals surface area contributed by atoms with Crippen LogP contribution in [0.2, 0.25) is 0 Å². The number of aliphatic hydroxyl groups excluding tert-OH is 1. The minimum atomic E-state index is -0.588. The third-order valence-corrected chi connectivity index (χ3v) is 4.15. The lowest BCUT2D eigenvalue weighted by molar-refractivity contribution is 0.146. The second-order valence-electron chi connectivity index (χ2n) is 5.20. The van der Waals surface area contributed by atoms with Gasteiger partial charge in [-0.05, 0) is 42.7 Å². The summed E-state index contributed by atoms with van der Waals surface area (Å²) >= 11 is 3.45. The van der Waals surface area contributed by atoms with Crippen molar-refractivity contribution in [3.63, 3.8) is 0 Å². The van der Waals surface area contributed by atoms with Gasteiger partial charge in [-0.15, -0.1) is 0 Å². The maximum Gasteiger partial charge on any atom is 0.0873 e. The van der Waals surface area contributed by atoms with Crippen LogP contribution in [0.4, 0.5) is 0 Å². The van der Waals surface area contributed by atoms with Crippen LogP contribution in [0.5, 0.6) is 0 Å². The molecule has 0 bridgehead atoms. The van der Waals surface area contributed by atoms with Crippen molar-refractivity contribution in [1.82, 2.24) is 0 Å². The predicted molar refractivity (Wildman–Crippen MR) is 86.8 cm³/mol. The molecule has 0 fully saturated rings. The molecule has 2 aromatic carbocycles. The third-order valence-electron chi connectivity index (χ3n) is 3.66. The molecule has 0 amide bonds. The highest BCUT2D eigenvalue weighted by Crippen LogP contribution is 2.33.